The molecule has 5 rings (SSSR count). The molecule has 190 valence electrons. The lowest BCUT2D eigenvalue weighted by atomic mass is 10.0. The summed E-state index contributed by atoms with van der Waals surface area (Å²) in [7, 11) is 3.21. The second-order valence-electron chi connectivity index (χ2n) is 8.58. The van der Waals surface area contributed by atoms with Gasteiger partial charge in [-0.25, -0.2) is 4.39 Å². The summed E-state index contributed by atoms with van der Waals surface area (Å²) >= 11 is 0. The number of ether oxygens (including phenoxy) is 7. The van der Waals surface area contributed by atoms with Crippen molar-refractivity contribution in [3.05, 3.63) is 95.6 Å². The summed E-state index contributed by atoms with van der Waals surface area (Å²) in [6.45, 7) is 0.396. The number of rotatable bonds is 9. The molecule has 0 bridgehead atoms. The van der Waals surface area contributed by atoms with E-state index in [1.807, 2.05) is 78.9 Å². The van der Waals surface area contributed by atoms with Crippen LogP contribution in [-0.2, 0) is 36.9 Å². The van der Waals surface area contributed by atoms with Crippen LogP contribution in [0.5, 0.6) is 11.5 Å². The molecule has 0 radical (unpaired) electrons. The maximum Gasteiger partial charge on any atom is 0.230 e. The Balaban J connectivity index is 1.33. The molecule has 2 aliphatic rings. The summed E-state index contributed by atoms with van der Waals surface area (Å²) in [4.78, 5) is 0. The van der Waals surface area contributed by atoms with Crippen LogP contribution in [0.1, 0.15) is 23.0 Å². The van der Waals surface area contributed by atoms with Crippen LogP contribution < -0.4 is 9.47 Å². The Bertz CT molecular complexity index is 1090. The summed E-state index contributed by atoms with van der Waals surface area (Å²) in [6, 6.07) is 24.3. The first-order valence-electron chi connectivity index (χ1n) is 11.8. The first-order valence-corrected chi connectivity index (χ1v) is 11.8. The third kappa shape index (κ3) is 5.53. The van der Waals surface area contributed by atoms with Crippen LogP contribution in [0.25, 0.3) is 0 Å². The van der Waals surface area contributed by atoms with Crippen LogP contribution in [0.4, 0.5) is 4.39 Å². The molecular weight excluding hydrogens is 467 g/mol. The summed E-state index contributed by atoms with van der Waals surface area (Å²) in [5.41, 5.74) is 2.59. The number of methoxy groups -OCH3 is 2. The van der Waals surface area contributed by atoms with Gasteiger partial charge in [-0.15, -0.1) is 0 Å². The SMILES string of the molecule is COc1ccc(CO[C@@H]2[C@@H](OCc3ccc(OC)cc3)[C@@H](F)O[C@@H]3O[C@H](c4ccccc4)O[C@@H]32)cc1. The fraction of sp³-hybridized carbons (Fsp3) is 0.357. The highest BCUT2D eigenvalue weighted by molar-refractivity contribution is 5.27. The standard InChI is InChI=1S/C28H29FO7/c1-30-21-12-8-18(9-13-21)16-32-23-24(33-17-19-10-14-22(31-2)15-11-19)26(29)35-28-25(23)34-27(36-28)20-6-4-3-5-7-20/h3-15,23-28H,16-17H2,1-2H3/t23-,24-,25-,26+,27-,28-/m1/s1. The lowest BCUT2D eigenvalue weighted by Crippen LogP contribution is -2.57. The van der Waals surface area contributed by atoms with Gasteiger partial charge in [-0.05, 0) is 35.4 Å². The van der Waals surface area contributed by atoms with Gasteiger partial charge in [0, 0.05) is 5.56 Å². The van der Waals surface area contributed by atoms with E-state index in [1.54, 1.807) is 14.2 Å². The lowest BCUT2D eigenvalue weighted by molar-refractivity contribution is -0.300. The van der Waals surface area contributed by atoms with Gasteiger partial charge >= 0.3 is 0 Å². The van der Waals surface area contributed by atoms with Crippen LogP contribution in [0.15, 0.2) is 78.9 Å². The van der Waals surface area contributed by atoms with Crippen LogP contribution in [0.2, 0.25) is 0 Å². The normalized spacial score (nSPS) is 27.4. The first-order chi connectivity index (χ1) is 17.6. The molecule has 0 spiro atoms. The summed E-state index contributed by atoms with van der Waals surface area (Å²) in [5.74, 6) is 1.47. The Kier molecular flexibility index (Phi) is 7.79. The van der Waals surface area contributed by atoms with E-state index >= 15 is 4.39 Å². The monoisotopic (exact) mass is 496 g/mol. The van der Waals surface area contributed by atoms with E-state index in [0.29, 0.717) is 0 Å². The van der Waals surface area contributed by atoms with Crippen LogP contribution in [-0.4, -0.2) is 45.2 Å². The van der Waals surface area contributed by atoms with E-state index in [9.17, 15) is 0 Å². The number of fused-ring (bicyclic) bond motifs is 1. The van der Waals surface area contributed by atoms with Gasteiger partial charge in [-0.3, -0.25) is 0 Å². The second-order valence-corrected chi connectivity index (χ2v) is 8.58. The van der Waals surface area contributed by atoms with Gasteiger partial charge in [-0.2, -0.15) is 0 Å². The summed E-state index contributed by atoms with van der Waals surface area (Å²) in [5, 5.41) is 0. The zero-order valence-corrected chi connectivity index (χ0v) is 20.1. The minimum atomic E-state index is -1.76. The molecule has 6 atom stereocenters. The molecule has 0 aromatic heterocycles. The Morgan fingerprint density at radius 3 is 1.78 bits per heavy atom. The van der Waals surface area contributed by atoms with E-state index in [0.717, 1.165) is 28.2 Å². The van der Waals surface area contributed by atoms with E-state index in [-0.39, 0.29) is 13.2 Å². The zero-order valence-electron chi connectivity index (χ0n) is 20.1. The van der Waals surface area contributed by atoms with Gasteiger partial charge in [-0.1, -0.05) is 54.6 Å². The highest BCUT2D eigenvalue weighted by atomic mass is 19.1. The topological polar surface area (TPSA) is 64.6 Å². The maximum absolute atomic E-state index is 15.3. The number of alkyl halides is 1. The molecule has 0 saturated carbocycles. The van der Waals surface area contributed by atoms with Crippen molar-refractivity contribution in [2.24, 2.45) is 0 Å². The van der Waals surface area contributed by atoms with Crippen LogP contribution in [0.3, 0.4) is 0 Å². The third-order valence-electron chi connectivity index (χ3n) is 6.25. The van der Waals surface area contributed by atoms with Crippen molar-refractivity contribution in [2.75, 3.05) is 14.2 Å². The first kappa shape index (κ1) is 24.7. The fourth-order valence-electron chi connectivity index (χ4n) is 4.28. The van der Waals surface area contributed by atoms with Crippen LogP contribution in [0, 0.1) is 0 Å². The molecule has 0 N–H and O–H groups in total. The molecule has 3 aromatic rings. The molecule has 0 aliphatic carbocycles. The predicted octanol–water partition coefficient (Wildman–Crippen LogP) is 4.94. The molecule has 2 fully saturated rings. The number of hydrogen-bond donors (Lipinski definition) is 0. The zero-order chi connectivity index (χ0) is 24.9. The fourth-order valence-corrected chi connectivity index (χ4v) is 4.28. The maximum atomic E-state index is 15.3. The molecule has 2 aliphatic heterocycles. The van der Waals surface area contributed by atoms with E-state index < -0.39 is 37.2 Å². The minimum absolute atomic E-state index is 0.168. The highest BCUT2D eigenvalue weighted by Gasteiger charge is 2.54. The molecular formula is C28H29FO7. The van der Waals surface area contributed by atoms with Gasteiger partial charge in [0.05, 0.1) is 27.4 Å². The number of hydrogen-bond acceptors (Lipinski definition) is 7. The summed E-state index contributed by atoms with van der Waals surface area (Å²) < 4.78 is 55.7. The van der Waals surface area contributed by atoms with Gasteiger partial charge in [0.15, 0.2) is 12.6 Å². The van der Waals surface area contributed by atoms with Crippen molar-refractivity contribution in [1.29, 1.82) is 0 Å². The minimum Gasteiger partial charge on any atom is -0.497 e. The molecule has 2 saturated heterocycles. The Morgan fingerprint density at radius 1 is 0.667 bits per heavy atom. The molecule has 0 amide bonds. The quantitative estimate of drug-likeness (QED) is 0.416. The van der Waals surface area contributed by atoms with Crippen molar-refractivity contribution in [2.45, 2.75) is 50.5 Å². The molecule has 8 heteroatoms. The molecule has 3 aromatic carbocycles. The number of halogens is 1. The lowest BCUT2D eigenvalue weighted by Gasteiger charge is -2.39. The van der Waals surface area contributed by atoms with Gasteiger partial charge in [0.2, 0.25) is 6.36 Å². The second kappa shape index (κ2) is 11.4. The molecule has 36 heavy (non-hydrogen) atoms. The Morgan fingerprint density at radius 2 is 1.22 bits per heavy atom. The largest absolute Gasteiger partial charge is 0.497 e. The van der Waals surface area contributed by atoms with E-state index in [4.69, 9.17) is 33.2 Å². The van der Waals surface area contributed by atoms with Crippen molar-refractivity contribution in [1.82, 2.24) is 0 Å². The van der Waals surface area contributed by atoms with Gasteiger partial charge in [0.1, 0.15) is 29.8 Å². The van der Waals surface area contributed by atoms with Gasteiger partial charge in [0.25, 0.3) is 0 Å². The summed E-state index contributed by atoms with van der Waals surface area (Å²) in [6.07, 6.45) is -5.85. The van der Waals surface area contributed by atoms with Crippen molar-refractivity contribution in [3.8, 4) is 11.5 Å². The predicted molar refractivity (Wildman–Crippen MR) is 128 cm³/mol. The van der Waals surface area contributed by atoms with E-state index in [2.05, 4.69) is 0 Å². The molecule has 7 nitrogen and oxygen atoms in total. The van der Waals surface area contributed by atoms with Gasteiger partial charge < -0.3 is 33.2 Å². The van der Waals surface area contributed by atoms with E-state index in [1.165, 1.54) is 0 Å². The molecule has 0 unspecified atom stereocenters. The third-order valence-corrected chi connectivity index (χ3v) is 6.25. The smallest absolute Gasteiger partial charge is 0.230 e. The number of benzene rings is 3. The molecule has 2 heterocycles. The van der Waals surface area contributed by atoms with Crippen molar-refractivity contribution in [3.63, 3.8) is 0 Å². The van der Waals surface area contributed by atoms with Crippen molar-refractivity contribution >= 4 is 0 Å². The Labute approximate surface area is 209 Å². The Hall–Kier alpha value is -3.01. The average molecular weight is 497 g/mol. The average Bonchev–Trinajstić information content (AvgIpc) is 3.35. The van der Waals surface area contributed by atoms with Crippen LogP contribution >= 0.6 is 0 Å². The van der Waals surface area contributed by atoms with Crippen molar-refractivity contribution < 1.29 is 37.5 Å². The highest BCUT2D eigenvalue weighted by Crippen LogP contribution is 2.40.